The minimum absolute atomic E-state index is 0.0324. The van der Waals surface area contributed by atoms with Crippen LogP contribution in [0.3, 0.4) is 0 Å². The van der Waals surface area contributed by atoms with Gasteiger partial charge >= 0.3 is 12.0 Å². The van der Waals surface area contributed by atoms with Crippen LogP contribution >= 0.6 is 0 Å². The summed E-state index contributed by atoms with van der Waals surface area (Å²) in [4.78, 5) is 35.2. The average Bonchev–Trinajstić information content (AvgIpc) is 2.37. The maximum absolute atomic E-state index is 11.7. The Morgan fingerprint density at radius 1 is 1.20 bits per heavy atom. The quantitative estimate of drug-likeness (QED) is 0.584. The third kappa shape index (κ3) is 8.34. The molecule has 0 radical (unpaired) electrons. The minimum Gasteiger partial charge on any atom is -0.481 e. The average molecular weight is 287 g/mol. The Hall–Kier alpha value is -1.79. The van der Waals surface area contributed by atoms with Crippen molar-refractivity contribution in [3.63, 3.8) is 0 Å². The van der Waals surface area contributed by atoms with Crippen LogP contribution < -0.4 is 10.6 Å². The van der Waals surface area contributed by atoms with Gasteiger partial charge in [-0.2, -0.15) is 0 Å². The van der Waals surface area contributed by atoms with Gasteiger partial charge in [0.2, 0.25) is 5.91 Å². The number of carboxylic acids is 1. The first kappa shape index (κ1) is 18.2. The van der Waals surface area contributed by atoms with Crippen molar-refractivity contribution in [2.24, 2.45) is 0 Å². The second kappa shape index (κ2) is 10.1. The fraction of sp³-hybridized carbons (Fsp3) is 0.769. The molecular formula is C13H25N3O4. The predicted molar refractivity (Wildman–Crippen MR) is 75.4 cm³/mol. The van der Waals surface area contributed by atoms with Gasteiger partial charge in [0.25, 0.3) is 0 Å². The zero-order valence-electron chi connectivity index (χ0n) is 12.4. The van der Waals surface area contributed by atoms with E-state index in [9.17, 15) is 14.4 Å². The van der Waals surface area contributed by atoms with Crippen LogP contribution in [-0.4, -0.2) is 53.6 Å². The van der Waals surface area contributed by atoms with Crippen LogP contribution in [-0.2, 0) is 9.59 Å². The molecule has 3 N–H and O–H groups in total. The topological polar surface area (TPSA) is 98.7 Å². The lowest BCUT2D eigenvalue weighted by Crippen LogP contribution is -2.46. The predicted octanol–water partition coefficient (Wildman–Crippen LogP) is 0.797. The molecule has 0 saturated carbocycles. The van der Waals surface area contributed by atoms with E-state index in [1.807, 2.05) is 13.8 Å². The SMILES string of the molecule is CCN(CC)C(=O)CNC(=O)NC(C)CCCC(=O)O. The standard InChI is InChI=1S/C13H25N3O4/c1-4-16(5-2)11(17)9-14-13(20)15-10(3)7-6-8-12(18)19/h10H,4-9H2,1-3H3,(H,18,19)(H2,14,15,20). The number of likely N-dealkylation sites (N-methyl/N-ethyl adjacent to an activating group) is 1. The highest BCUT2D eigenvalue weighted by molar-refractivity contribution is 5.84. The molecule has 116 valence electrons. The van der Waals surface area contributed by atoms with E-state index in [1.165, 1.54) is 0 Å². The van der Waals surface area contributed by atoms with Crippen LogP contribution in [0, 0.1) is 0 Å². The summed E-state index contributed by atoms with van der Waals surface area (Å²) in [5, 5.41) is 13.7. The Kier molecular flexibility index (Phi) is 9.15. The fourth-order valence-electron chi connectivity index (χ4n) is 1.75. The Bertz CT molecular complexity index is 330. The fourth-order valence-corrected chi connectivity index (χ4v) is 1.75. The molecule has 0 fully saturated rings. The summed E-state index contributed by atoms with van der Waals surface area (Å²) in [6, 6.07) is -0.536. The van der Waals surface area contributed by atoms with Crippen molar-refractivity contribution in [3.05, 3.63) is 0 Å². The number of aliphatic carboxylic acids is 1. The van der Waals surface area contributed by atoms with Crippen molar-refractivity contribution in [1.82, 2.24) is 15.5 Å². The first-order chi connectivity index (χ1) is 9.40. The highest BCUT2D eigenvalue weighted by Gasteiger charge is 2.12. The molecule has 7 nitrogen and oxygen atoms in total. The summed E-state index contributed by atoms with van der Waals surface area (Å²) in [5.74, 6) is -0.963. The number of rotatable bonds is 9. The van der Waals surface area contributed by atoms with Gasteiger partial charge in [-0.05, 0) is 33.6 Å². The van der Waals surface area contributed by atoms with Crippen LogP contribution in [0.15, 0.2) is 0 Å². The maximum Gasteiger partial charge on any atom is 0.315 e. The maximum atomic E-state index is 11.7. The molecule has 1 atom stereocenters. The number of carbonyl (C=O) groups is 3. The van der Waals surface area contributed by atoms with Crippen molar-refractivity contribution in [1.29, 1.82) is 0 Å². The number of urea groups is 1. The molecule has 0 aliphatic heterocycles. The monoisotopic (exact) mass is 287 g/mol. The molecule has 0 aromatic heterocycles. The molecule has 0 bridgehead atoms. The van der Waals surface area contributed by atoms with Gasteiger partial charge in [-0.1, -0.05) is 0 Å². The molecule has 3 amide bonds. The smallest absolute Gasteiger partial charge is 0.315 e. The molecule has 0 heterocycles. The summed E-state index contributed by atoms with van der Waals surface area (Å²) in [7, 11) is 0. The van der Waals surface area contributed by atoms with E-state index in [4.69, 9.17) is 5.11 Å². The van der Waals surface area contributed by atoms with Gasteiger partial charge in [-0.25, -0.2) is 4.79 Å². The van der Waals surface area contributed by atoms with E-state index in [0.717, 1.165) is 0 Å². The first-order valence-corrected chi connectivity index (χ1v) is 6.94. The molecule has 20 heavy (non-hydrogen) atoms. The van der Waals surface area contributed by atoms with Gasteiger partial charge in [0.15, 0.2) is 0 Å². The van der Waals surface area contributed by atoms with E-state index < -0.39 is 12.0 Å². The lowest BCUT2D eigenvalue weighted by Gasteiger charge is -2.19. The van der Waals surface area contributed by atoms with Gasteiger partial charge in [-0.3, -0.25) is 9.59 Å². The van der Waals surface area contributed by atoms with Crippen molar-refractivity contribution >= 4 is 17.9 Å². The van der Waals surface area contributed by atoms with E-state index >= 15 is 0 Å². The normalized spacial score (nSPS) is 11.6. The van der Waals surface area contributed by atoms with Crippen molar-refractivity contribution in [2.75, 3.05) is 19.6 Å². The minimum atomic E-state index is -0.841. The highest BCUT2D eigenvalue weighted by Crippen LogP contribution is 2.00. The number of nitrogens with one attached hydrogen (secondary N) is 2. The highest BCUT2D eigenvalue weighted by atomic mass is 16.4. The first-order valence-electron chi connectivity index (χ1n) is 6.94. The Labute approximate surface area is 119 Å². The van der Waals surface area contributed by atoms with E-state index in [2.05, 4.69) is 10.6 Å². The summed E-state index contributed by atoms with van der Waals surface area (Å²) < 4.78 is 0. The van der Waals surface area contributed by atoms with Gasteiger partial charge in [0.1, 0.15) is 0 Å². The molecule has 1 unspecified atom stereocenters. The lowest BCUT2D eigenvalue weighted by atomic mass is 10.1. The molecule has 0 aromatic carbocycles. The van der Waals surface area contributed by atoms with Crippen molar-refractivity contribution in [2.45, 2.75) is 46.1 Å². The molecule has 0 rings (SSSR count). The van der Waals surface area contributed by atoms with Crippen molar-refractivity contribution in [3.8, 4) is 0 Å². The van der Waals surface area contributed by atoms with Crippen LogP contribution in [0.1, 0.15) is 40.0 Å². The lowest BCUT2D eigenvalue weighted by molar-refractivity contribution is -0.137. The van der Waals surface area contributed by atoms with E-state index in [0.29, 0.717) is 25.9 Å². The van der Waals surface area contributed by atoms with Gasteiger partial charge < -0.3 is 20.6 Å². The summed E-state index contributed by atoms with van der Waals surface area (Å²) >= 11 is 0. The van der Waals surface area contributed by atoms with Crippen LogP contribution in [0.2, 0.25) is 0 Å². The molecule has 0 aliphatic carbocycles. The third-order valence-corrected chi connectivity index (χ3v) is 2.92. The number of nitrogens with zero attached hydrogens (tertiary/aromatic N) is 1. The second-order valence-electron chi connectivity index (χ2n) is 4.58. The third-order valence-electron chi connectivity index (χ3n) is 2.92. The van der Waals surface area contributed by atoms with Gasteiger partial charge in [-0.15, -0.1) is 0 Å². The van der Waals surface area contributed by atoms with E-state index in [-0.39, 0.29) is 24.9 Å². The van der Waals surface area contributed by atoms with Crippen LogP contribution in [0.4, 0.5) is 4.79 Å². The number of hydrogen-bond acceptors (Lipinski definition) is 3. The van der Waals surface area contributed by atoms with Crippen molar-refractivity contribution < 1.29 is 19.5 Å². The Morgan fingerprint density at radius 2 is 1.80 bits per heavy atom. The number of hydrogen-bond donors (Lipinski definition) is 3. The molecular weight excluding hydrogens is 262 g/mol. The zero-order chi connectivity index (χ0) is 15.5. The molecule has 0 saturated heterocycles. The molecule has 7 heteroatoms. The number of carbonyl (C=O) groups excluding carboxylic acids is 2. The van der Waals surface area contributed by atoms with Crippen LogP contribution in [0.5, 0.6) is 0 Å². The molecule has 0 spiro atoms. The van der Waals surface area contributed by atoms with Gasteiger partial charge in [0.05, 0.1) is 6.54 Å². The number of amides is 3. The summed E-state index contributed by atoms with van der Waals surface area (Å²) in [6.07, 6.45) is 1.19. The van der Waals surface area contributed by atoms with Gasteiger partial charge in [0, 0.05) is 25.6 Å². The largest absolute Gasteiger partial charge is 0.481 e. The number of carboxylic acid groups (broad SMARTS) is 1. The zero-order valence-corrected chi connectivity index (χ0v) is 12.4. The summed E-state index contributed by atoms with van der Waals surface area (Å²) in [5.41, 5.74) is 0. The summed E-state index contributed by atoms with van der Waals surface area (Å²) in [6.45, 7) is 6.76. The molecule has 0 aromatic rings. The second-order valence-corrected chi connectivity index (χ2v) is 4.58. The van der Waals surface area contributed by atoms with Crippen LogP contribution in [0.25, 0.3) is 0 Å². The van der Waals surface area contributed by atoms with E-state index in [1.54, 1.807) is 11.8 Å². The Morgan fingerprint density at radius 3 is 2.30 bits per heavy atom. The molecule has 0 aliphatic rings. The Balaban J connectivity index is 3.87.